The minimum Gasteiger partial charge on any atom is -0.339 e. The van der Waals surface area contributed by atoms with E-state index >= 15 is 0 Å². The largest absolute Gasteiger partial charge is 0.339 e. The molecule has 0 atom stereocenters. The lowest BCUT2D eigenvalue weighted by atomic mass is 10.1. The number of aromatic nitrogens is 2. The number of halogens is 1. The summed E-state index contributed by atoms with van der Waals surface area (Å²) in [4.78, 5) is 14.7. The van der Waals surface area contributed by atoms with Crippen LogP contribution < -0.4 is 0 Å². The van der Waals surface area contributed by atoms with Crippen LogP contribution in [0, 0.1) is 13.8 Å². The summed E-state index contributed by atoms with van der Waals surface area (Å²) in [6.45, 7) is 7.21. The van der Waals surface area contributed by atoms with Crippen LogP contribution in [0.25, 0.3) is 5.69 Å². The molecule has 0 bridgehead atoms. The molecule has 1 amide bonds. The van der Waals surface area contributed by atoms with Crippen LogP contribution in [0.2, 0.25) is 5.02 Å². The van der Waals surface area contributed by atoms with Gasteiger partial charge >= 0.3 is 0 Å². The molecule has 0 aliphatic carbocycles. The summed E-state index contributed by atoms with van der Waals surface area (Å²) >= 11 is 6.23. The number of benzene rings is 2. The predicted molar refractivity (Wildman–Crippen MR) is 110 cm³/mol. The van der Waals surface area contributed by atoms with Crippen LogP contribution in [0.5, 0.6) is 0 Å². The molecule has 1 aromatic heterocycles. The fraction of sp³-hybridized carbons (Fsp3) is 0.273. The van der Waals surface area contributed by atoms with Gasteiger partial charge in [0.05, 0.1) is 22.1 Å². The minimum atomic E-state index is 0.0476. The molecule has 1 heterocycles. The van der Waals surface area contributed by atoms with Crippen molar-refractivity contribution in [1.82, 2.24) is 14.7 Å². The van der Waals surface area contributed by atoms with Crippen molar-refractivity contribution < 1.29 is 4.79 Å². The zero-order chi connectivity index (χ0) is 19.4. The maximum atomic E-state index is 12.9. The highest BCUT2D eigenvalue weighted by molar-refractivity contribution is 6.31. The molecule has 3 rings (SSSR count). The molecule has 0 aliphatic heterocycles. The second kappa shape index (κ2) is 8.40. The van der Waals surface area contributed by atoms with Crippen LogP contribution in [0.15, 0.2) is 54.6 Å². The Morgan fingerprint density at radius 2 is 1.74 bits per heavy atom. The van der Waals surface area contributed by atoms with Gasteiger partial charge < -0.3 is 4.90 Å². The number of rotatable bonds is 6. The Morgan fingerprint density at radius 1 is 1.07 bits per heavy atom. The summed E-state index contributed by atoms with van der Waals surface area (Å²) in [5.74, 6) is 0.0476. The van der Waals surface area contributed by atoms with Crippen molar-refractivity contribution in [1.29, 1.82) is 0 Å². The second-order valence-electron chi connectivity index (χ2n) is 6.56. The van der Waals surface area contributed by atoms with Gasteiger partial charge in [-0.1, -0.05) is 41.9 Å². The molecular formula is C22H24ClN3O. The molecule has 0 fully saturated rings. The third-order valence-electron chi connectivity index (χ3n) is 4.74. The van der Waals surface area contributed by atoms with Crippen LogP contribution in [-0.2, 0) is 6.42 Å². The van der Waals surface area contributed by atoms with Crippen LogP contribution in [-0.4, -0.2) is 33.7 Å². The highest BCUT2D eigenvalue weighted by Gasteiger charge is 2.15. The van der Waals surface area contributed by atoms with E-state index in [4.69, 9.17) is 11.6 Å². The zero-order valence-corrected chi connectivity index (χ0v) is 16.7. The van der Waals surface area contributed by atoms with Gasteiger partial charge in [-0.2, -0.15) is 5.10 Å². The number of carbonyl (C=O) groups is 1. The maximum Gasteiger partial charge on any atom is 0.253 e. The van der Waals surface area contributed by atoms with E-state index in [2.05, 4.69) is 17.2 Å². The van der Waals surface area contributed by atoms with Gasteiger partial charge in [-0.25, -0.2) is 4.68 Å². The molecule has 27 heavy (non-hydrogen) atoms. The summed E-state index contributed by atoms with van der Waals surface area (Å²) in [7, 11) is 0. The molecule has 0 spiro atoms. The average Bonchev–Trinajstić information content (AvgIpc) is 2.96. The lowest BCUT2D eigenvalue weighted by molar-refractivity contribution is 0.0766. The molecule has 3 aromatic rings. The molecule has 0 unspecified atom stereocenters. The second-order valence-corrected chi connectivity index (χ2v) is 6.94. The summed E-state index contributed by atoms with van der Waals surface area (Å²) in [6, 6.07) is 17.8. The van der Waals surface area contributed by atoms with Gasteiger partial charge in [-0.05, 0) is 57.0 Å². The smallest absolute Gasteiger partial charge is 0.253 e. The molecule has 0 saturated carbocycles. The molecule has 0 saturated heterocycles. The highest BCUT2D eigenvalue weighted by Crippen LogP contribution is 2.22. The lowest BCUT2D eigenvalue weighted by Gasteiger charge is -2.21. The maximum absolute atomic E-state index is 12.9. The first-order valence-corrected chi connectivity index (χ1v) is 9.54. The Morgan fingerprint density at radius 3 is 2.30 bits per heavy atom. The molecule has 0 radical (unpaired) electrons. The van der Waals surface area contributed by atoms with Crippen LogP contribution in [0.1, 0.15) is 34.2 Å². The number of hydrogen-bond donors (Lipinski definition) is 0. The van der Waals surface area contributed by atoms with Crippen LogP contribution >= 0.6 is 11.6 Å². The number of hydrogen-bond acceptors (Lipinski definition) is 2. The van der Waals surface area contributed by atoms with Gasteiger partial charge in [0.2, 0.25) is 0 Å². The Hall–Kier alpha value is -2.59. The van der Waals surface area contributed by atoms with Gasteiger partial charge in [-0.3, -0.25) is 4.79 Å². The Bertz CT molecular complexity index is 917. The lowest BCUT2D eigenvalue weighted by Crippen LogP contribution is -2.32. The first-order valence-electron chi connectivity index (χ1n) is 9.16. The highest BCUT2D eigenvalue weighted by atomic mass is 35.5. The van der Waals surface area contributed by atoms with Crippen molar-refractivity contribution >= 4 is 17.5 Å². The molecule has 4 nitrogen and oxygen atoms in total. The molecule has 0 aliphatic rings. The summed E-state index contributed by atoms with van der Waals surface area (Å²) in [5.41, 5.74) is 4.51. The van der Waals surface area contributed by atoms with E-state index in [1.54, 1.807) is 4.68 Å². The average molecular weight is 382 g/mol. The Labute approximate surface area is 165 Å². The number of carbonyl (C=O) groups excluding carboxylic acids is 1. The van der Waals surface area contributed by atoms with E-state index < -0.39 is 0 Å². The zero-order valence-electron chi connectivity index (χ0n) is 15.9. The topological polar surface area (TPSA) is 38.1 Å². The van der Waals surface area contributed by atoms with Crippen molar-refractivity contribution in [3.05, 3.63) is 82.1 Å². The molecular weight excluding hydrogens is 358 g/mol. The SMILES string of the molecule is CCN(CCc1ccccc1)C(=O)c1ccc(-n2nc(C)c(Cl)c2C)cc1. The van der Waals surface area contributed by atoms with Gasteiger partial charge in [0.15, 0.2) is 0 Å². The first kappa shape index (κ1) is 19.2. The standard InChI is InChI=1S/C22H24ClN3O/c1-4-25(15-14-18-8-6-5-7-9-18)22(27)19-10-12-20(13-11-19)26-17(3)21(23)16(2)24-26/h5-13H,4,14-15H2,1-3H3. The van der Waals surface area contributed by atoms with Crippen LogP contribution in [0.4, 0.5) is 0 Å². The van der Waals surface area contributed by atoms with Gasteiger partial charge in [0.25, 0.3) is 5.91 Å². The van der Waals surface area contributed by atoms with Crippen molar-refractivity contribution in [2.75, 3.05) is 13.1 Å². The van der Waals surface area contributed by atoms with E-state index in [-0.39, 0.29) is 5.91 Å². The van der Waals surface area contributed by atoms with E-state index in [1.165, 1.54) is 5.56 Å². The number of aryl methyl sites for hydroxylation is 1. The fourth-order valence-corrected chi connectivity index (χ4v) is 3.23. The van der Waals surface area contributed by atoms with Gasteiger partial charge in [-0.15, -0.1) is 0 Å². The predicted octanol–water partition coefficient (Wildman–Crippen LogP) is 4.85. The molecule has 140 valence electrons. The quantitative estimate of drug-likeness (QED) is 0.612. The van der Waals surface area contributed by atoms with E-state index in [0.717, 1.165) is 23.5 Å². The normalized spacial score (nSPS) is 10.8. The summed E-state index contributed by atoms with van der Waals surface area (Å²) < 4.78 is 1.80. The summed E-state index contributed by atoms with van der Waals surface area (Å²) in [6.07, 6.45) is 0.850. The van der Waals surface area contributed by atoms with Gasteiger partial charge in [0.1, 0.15) is 0 Å². The Balaban J connectivity index is 1.73. The van der Waals surface area contributed by atoms with Crippen LogP contribution in [0.3, 0.4) is 0 Å². The van der Waals surface area contributed by atoms with E-state index in [9.17, 15) is 4.79 Å². The third kappa shape index (κ3) is 4.22. The van der Waals surface area contributed by atoms with E-state index in [1.807, 2.05) is 68.1 Å². The van der Waals surface area contributed by atoms with Gasteiger partial charge in [0, 0.05) is 18.7 Å². The number of amides is 1. The van der Waals surface area contributed by atoms with Crippen molar-refractivity contribution in [2.45, 2.75) is 27.2 Å². The number of nitrogens with zero attached hydrogens (tertiary/aromatic N) is 3. The number of likely N-dealkylation sites (N-methyl/N-ethyl adjacent to an activating group) is 1. The molecule has 0 N–H and O–H groups in total. The van der Waals surface area contributed by atoms with E-state index in [0.29, 0.717) is 23.7 Å². The first-order chi connectivity index (χ1) is 13.0. The fourth-order valence-electron chi connectivity index (χ4n) is 3.11. The molecule has 2 aromatic carbocycles. The summed E-state index contributed by atoms with van der Waals surface area (Å²) in [5, 5.41) is 5.13. The minimum absolute atomic E-state index is 0.0476. The van der Waals surface area contributed by atoms with Crippen molar-refractivity contribution in [3.63, 3.8) is 0 Å². The third-order valence-corrected chi connectivity index (χ3v) is 5.29. The van der Waals surface area contributed by atoms with Crippen molar-refractivity contribution in [3.8, 4) is 5.69 Å². The molecule has 5 heteroatoms. The van der Waals surface area contributed by atoms with Crippen molar-refractivity contribution in [2.24, 2.45) is 0 Å². The monoisotopic (exact) mass is 381 g/mol. The Kier molecular flexibility index (Phi) is 5.97.